The zero-order chi connectivity index (χ0) is 26.0. The lowest BCUT2D eigenvalue weighted by atomic mass is 9.47. The van der Waals surface area contributed by atoms with Crippen LogP contribution in [-0.2, 0) is 9.22 Å². The van der Waals surface area contributed by atoms with E-state index in [0.717, 1.165) is 24.2 Å². The second kappa shape index (κ2) is 11.8. The molecule has 0 heterocycles. The van der Waals surface area contributed by atoms with Crippen LogP contribution in [0.15, 0.2) is 11.6 Å². The lowest BCUT2D eigenvalue weighted by Gasteiger charge is -2.58. The number of rotatable bonds is 12. The van der Waals surface area contributed by atoms with Crippen LogP contribution in [0.25, 0.3) is 0 Å². The summed E-state index contributed by atoms with van der Waals surface area (Å²) in [6, 6.07) is 4.16. The van der Waals surface area contributed by atoms with E-state index in [0.29, 0.717) is 23.2 Å². The van der Waals surface area contributed by atoms with Crippen LogP contribution in [0.2, 0.25) is 18.1 Å². The zero-order valence-electron chi connectivity index (χ0n) is 24.8. The SMILES string of the molecule is CCCC[Si](CCCC)(CCCC)OC1CCC2(C)C(=CCC3C2CCC2(C)C(C(C)=O)CCC32)C1. The van der Waals surface area contributed by atoms with Crippen LogP contribution in [0.3, 0.4) is 0 Å². The summed E-state index contributed by atoms with van der Waals surface area (Å²) in [5, 5.41) is 0. The van der Waals surface area contributed by atoms with Crippen molar-refractivity contribution < 1.29 is 9.22 Å². The summed E-state index contributed by atoms with van der Waals surface area (Å²) >= 11 is 0. The Kier molecular flexibility index (Phi) is 9.34. The van der Waals surface area contributed by atoms with E-state index in [1.807, 2.05) is 6.92 Å². The molecule has 0 saturated heterocycles. The molecule has 0 radical (unpaired) electrons. The Bertz CT molecular complexity index is 767. The van der Waals surface area contributed by atoms with E-state index in [4.69, 9.17) is 4.43 Å². The van der Waals surface area contributed by atoms with Gasteiger partial charge in [0.25, 0.3) is 0 Å². The molecule has 4 aliphatic rings. The van der Waals surface area contributed by atoms with Gasteiger partial charge in [0.2, 0.25) is 0 Å². The molecule has 0 N–H and O–H groups in total. The molecule has 3 fully saturated rings. The highest BCUT2D eigenvalue weighted by molar-refractivity contribution is 6.73. The van der Waals surface area contributed by atoms with Gasteiger partial charge in [0, 0.05) is 12.0 Å². The third kappa shape index (κ3) is 5.36. The number of carbonyl (C=O) groups is 1. The van der Waals surface area contributed by atoms with Gasteiger partial charge in [0.15, 0.2) is 8.32 Å². The second-order valence-electron chi connectivity index (χ2n) is 14.0. The number of carbonyl (C=O) groups excluding carboxylic acids is 1. The monoisotopic (exact) mass is 514 g/mol. The Labute approximate surface area is 224 Å². The number of allylic oxidation sites excluding steroid dienone is 1. The van der Waals surface area contributed by atoms with Crippen molar-refractivity contribution in [2.24, 2.45) is 34.5 Å². The topological polar surface area (TPSA) is 26.3 Å². The van der Waals surface area contributed by atoms with Gasteiger partial charge in [-0.15, -0.1) is 0 Å². The van der Waals surface area contributed by atoms with Gasteiger partial charge in [0.1, 0.15) is 5.78 Å². The minimum atomic E-state index is -1.67. The van der Waals surface area contributed by atoms with Crippen LogP contribution >= 0.6 is 0 Å². The molecule has 7 atom stereocenters. The molecule has 0 aromatic carbocycles. The molecule has 0 spiro atoms. The van der Waals surface area contributed by atoms with Crippen LogP contribution in [0, 0.1) is 34.5 Å². The van der Waals surface area contributed by atoms with Gasteiger partial charge in [-0.2, -0.15) is 0 Å². The molecule has 0 aromatic heterocycles. The fourth-order valence-corrected chi connectivity index (χ4v) is 14.8. The summed E-state index contributed by atoms with van der Waals surface area (Å²) < 4.78 is 7.40. The lowest BCUT2D eigenvalue weighted by molar-refractivity contribution is -0.127. The van der Waals surface area contributed by atoms with E-state index in [9.17, 15) is 4.79 Å². The van der Waals surface area contributed by atoms with Crippen molar-refractivity contribution in [3.05, 3.63) is 11.6 Å². The summed E-state index contributed by atoms with van der Waals surface area (Å²) in [4.78, 5) is 12.5. The molecular formula is C33H58O2Si. The van der Waals surface area contributed by atoms with Crippen LogP contribution in [-0.4, -0.2) is 20.2 Å². The largest absolute Gasteiger partial charge is 0.414 e. The summed E-state index contributed by atoms with van der Waals surface area (Å²) in [7, 11) is -1.67. The first-order chi connectivity index (χ1) is 17.2. The highest BCUT2D eigenvalue weighted by atomic mass is 28.4. The number of Topliss-reactive ketones (excluding diaryl/α,β-unsaturated/α-hetero) is 1. The van der Waals surface area contributed by atoms with E-state index in [1.165, 1.54) is 102 Å². The summed E-state index contributed by atoms with van der Waals surface area (Å²) in [6.07, 6.45) is 21.2. The number of hydrogen-bond acceptors (Lipinski definition) is 2. The van der Waals surface area contributed by atoms with Gasteiger partial charge in [0.05, 0.1) is 0 Å². The maximum atomic E-state index is 12.5. The molecule has 36 heavy (non-hydrogen) atoms. The van der Waals surface area contributed by atoms with Gasteiger partial charge in [-0.25, -0.2) is 0 Å². The quantitative estimate of drug-likeness (QED) is 0.191. The smallest absolute Gasteiger partial charge is 0.193 e. The molecule has 4 rings (SSSR count). The standard InChI is InChI=1S/C33H58O2Si/c1-7-10-21-36(22-11-8-2,23-12-9-3)35-27-17-19-32(5)26(24-27)13-14-28-30-16-15-29(25(4)34)33(30,6)20-18-31(28)32/h13,27-31H,7-12,14-24H2,1-6H3. The minimum absolute atomic E-state index is 0.262. The summed E-state index contributed by atoms with van der Waals surface area (Å²) in [6.45, 7) is 14.0. The van der Waals surface area contributed by atoms with Crippen LogP contribution in [0.4, 0.5) is 0 Å². The number of hydrogen-bond donors (Lipinski definition) is 0. The Morgan fingerprint density at radius 1 is 0.917 bits per heavy atom. The second-order valence-corrected chi connectivity index (χ2v) is 18.1. The average molecular weight is 515 g/mol. The normalized spacial score (nSPS) is 38.2. The van der Waals surface area contributed by atoms with E-state index in [-0.39, 0.29) is 5.41 Å². The van der Waals surface area contributed by atoms with E-state index in [1.54, 1.807) is 5.57 Å². The number of unbranched alkanes of at least 4 members (excludes halogenated alkanes) is 3. The molecule has 3 saturated carbocycles. The van der Waals surface area contributed by atoms with Crippen LogP contribution in [0.5, 0.6) is 0 Å². The molecule has 206 valence electrons. The van der Waals surface area contributed by atoms with Crippen molar-refractivity contribution in [1.82, 2.24) is 0 Å². The van der Waals surface area contributed by atoms with Crippen LogP contribution < -0.4 is 0 Å². The number of fused-ring (bicyclic) bond motifs is 5. The first-order valence-electron chi connectivity index (χ1n) is 16.1. The Hall–Kier alpha value is -0.413. The van der Waals surface area contributed by atoms with Crippen LogP contribution in [0.1, 0.15) is 131 Å². The fourth-order valence-electron chi connectivity index (χ4n) is 9.80. The first kappa shape index (κ1) is 28.6. The summed E-state index contributed by atoms with van der Waals surface area (Å²) in [5.41, 5.74) is 2.39. The van der Waals surface area contributed by atoms with Crippen molar-refractivity contribution in [3.63, 3.8) is 0 Å². The average Bonchev–Trinajstić information content (AvgIpc) is 3.22. The summed E-state index contributed by atoms with van der Waals surface area (Å²) in [5.74, 6) is 3.15. The van der Waals surface area contributed by atoms with Gasteiger partial charge >= 0.3 is 0 Å². The molecule has 0 amide bonds. The van der Waals surface area contributed by atoms with Crippen molar-refractivity contribution >= 4 is 14.1 Å². The molecule has 2 nitrogen and oxygen atoms in total. The number of ketones is 1. The zero-order valence-corrected chi connectivity index (χ0v) is 25.8. The highest BCUT2D eigenvalue weighted by Crippen LogP contribution is 2.66. The predicted molar refractivity (Wildman–Crippen MR) is 156 cm³/mol. The minimum Gasteiger partial charge on any atom is -0.414 e. The molecule has 4 aliphatic carbocycles. The predicted octanol–water partition coefficient (Wildman–Crippen LogP) is 9.89. The molecule has 0 aromatic rings. The molecular weight excluding hydrogens is 456 g/mol. The highest BCUT2D eigenvalue weighted by Gasteiger charge is 2.59. The molecule has 0 aliphatic heterocycles. The molecule has 7 unspecified atom stereocenters. The van der Waals surface area contributed by atoms with Crippen molar-refractivity contribution in [3.8, 4) is 0 Å². The van der Waals surface area contributed by atoms with E-state index >= 15 is 0 Å². The van der Waals surface area contributed by atoms with Gasteiger partial charge in [-0.05, 0) is 105 Å². The fraction of sp³-hybridized carbons (Fsp3) is 0.909. The van der Waals surface area contributed by atoms with Gasteiger partial charge in [-0.3, -0.25) is 4.79 Å². The van der Waals surface area contributed by atoms with Gasteiger partial charge in [-0.1, -0.05) is 84.8 Å². The third-order valence-electron chi connectivity index (χ3n) is 11.9. The maximum Gasteiger partial charge on any atom is 0.193 e. The molecule has 0 bridgehead atoms. The Morgan fingerprint density at radius 3 is 2.14 bits per heavy atom. The molecule has 3 heteroatoms. The maximum absolute atomic E-state index is 12.5. The van der Waals surface area contributed by atoms with Crippen molar-refractivity contribution in [1.29, 1.82) is 0 Å². The Balaban J connectivity index is 1.50. The van der Waals surface area contributed by atoms with E-state index in [2.05, 4.69) is 40.7 Å². The van der Waals surface area contributed by atoms with Crippen molar-refractivity contribution in [2.75, 3.05) is 0 Å². The van der Waals surface area contributed by atoms with Gasteiger partial charge < -0.3 is 4.43 Å². The lowest BCUT2D eigenvalue weighted by Crippen LogP contribution is -2.52. The Morgan fingerprint density at radius 2 is 1.56 bits per heavy atom. The van der Waals surface area contributed by atoms with Crippen molar-refractivity contribution in [2.45, 2.75) is 156 Å². The first-order valence-corrected chi connectivity index (χ1v) is 18.6. The van der Waals surface area contributed by atoms with E-state index < -0.39 is 8.32 Å². The third-order valence-corrected chi connectivity index (χ3v) is 16.6.